The van der Waals surface area contributed by atoms with Gasteiger partial charge in [0.2, 0.25) is 0 Å². The number of aryl methyl sites for hydroxylation is 1. The van der Waals surface area contributed by atoms with E-state index in [0.29, 0.717) is 28.1 Å². The van der Waals surface area contributed by atoms with Gasteiger partial charge in [-0.15, -0.1) is 0 Å². The number of thioether (sulfide) groups is 1. The van der Waals surface area contributed by atoms with Crippen LogP contribution in [0.5, 0.6) is 0 Å². The van der Waals surface area contributed by atoms with Crippen LogP contribution in [0, 0.1) is 6.92 Å². The summed E-state index contributed by atoms with van der Waals surface area (Å²) in [4.78, 5) is 30.0. The minimum atomic E-state index is -0.987. The van der Waals surface area contributed by atoms with Gasteiger partial charge < -0.3 is 9.52 Å². The molecule has 1 amide bonds. The van der Waals surface area contributed by atoms with E-state index in [1.54, 1.807) is 23.1 Å². The number of amidine groups is 1. The van der Waals surface area contributed by atoms with Gasteiger partial charge in [0, 0.05) is 12.6 Å². The Bertz CT molecular complexity index is 881. The average Bonchev–Trinajstić information content (AvgIpc) is 3.12. The van der Waals surface area contributed by atoms with E-state index in [4.69, 9.17) is 9.52 Å². The highest BCUT2D eigenvalue weighted by molar-refractivity contribution is 8.18. The largest absolute Gasteiger partial charge is 0.478 e. The Balaban J connectivity index is 1.89. The molecule has 1 aromatic carbocycles. The highest BCUT2D eigenvalue weighted by Gasteiger charge is 2.32. The molecule has 0 spiro atoms. The number of carboxylic acid groups (broad SMARTS) is 1. The van der Waals surface area contributed by atoms with Crippen molar-refractivity contribution in [2.75, 3.05) is 6.54 Å². The second kappa shape index (κ2) is 6.98. The standard InChI is InChI=1S/C18H16N2O4S/c1-3-20-16(21)15(10-14-9-4-11(2)24-14)25-18(20)19-13-7-5-12(6-8-13)17(22)23/h4-10H,3H2,1-2H3,(H,22,23)/b15-10-,19-18?. The van der Waals surface area contributed by atoms with Crippen molar-refractivity contribution in [1.29, 1.82) is 0 Å². The van der Waals surface area contributed by atoms with Crippen LogP contribution in [-0.2, 0) is 4.79 Å². The predicted octanol–water partition coefficient (Wildman–Crippen LogP) is 3.91. The number of hydrogen-bond acceptors (Lipinski definition) is 5. The van der Waals surface area contributed by atoms with Crippen LogP contribution in [0.25, 0.3) is 6.08 Å². The summed E-state index contributed by atoms with van der Waals surface area (Å²) in [5.41, 5.74) is 0.786. The number of aromatic carboxylic acids is 1. The average molecular weight is 356 g/mol. The molecule has 6 nitrogen and oxygen atoms in total. The molecule has 1 aromatic heterocycles. The number of amides is 1. The summed E-state index contributed by atoms with van der Waals surface area (Å²) >= 11 is 1.27. The molecular formula is C18H16N2O4S. The third-order valence-electron chi connectivity index (χ3n) is 3.58. The smallest absolute Gasteiger partial charge is 0.335 e. The number of carbonyl (C=O) groups is 2. The van der Waals surface area contributed by atoms with Crippen LogP contribution in [0.2, 0.25) is 0 Å². The lowest BCUT2D eigenvalue weighted by Crippen LogP contribution is -2.28. The van der Waals surface area contributed by atoms with Gasteiger partial charge in [-0.1, -0.05) is 0 Å². The van der Waals surface area contributed by atoms with Crippen molar-refractivity contribution in [2.24, 2.45) is 4.99 Å². The molecule has 1 fully saturated rings. The van der Waals surface area contributed by atoms with Crippen molar-refractivity contribution in [1.82, 2.24) is 4.90 Å². The Labute approximate surface area is 148 Å². The fourth-order valence-corrected chi connectivity index (χ4v) is 3.36. The molecule has 1 saturated heterocycles. The van der Waals surface area contributed by atoms with E-state index in [1.807, 2.05) is 26.0 Å². The molecule has 3 rings (SSSR count). The number of aliphatic imine (C=N–C) groups is 1. The maximum Gasteiger partial charge on any atom is 0.335 e. The van der Waals surface area contributed by atoms with Crippen LogP contribution in [0.1, 0.15) is 28.8 Å². The Morgan fingerprint density at radius 2 is 2.00 bits per heavy atom. The molecular weight excluding hydrogens is 340 g/mol. The van der Waals surface area contributed by atoms with E-state index in [-0.39, 0.29) is 11.5 Å². The van der Waals surface area contributed by atoms with Gasteiger partial charge >= 0.3 is 5.97 Å². The van der Waals surface area contributed by atoms with Gasteiger partial charge in [-0.25, -0.2) is 9.79 Å². The van der Waals surface area contributed by atoms with Crippen LogP contribution >= 0.6 is 11.8 Å². The van der Waals surface area contributed by atoms with Crippen LogP contribution < -0.4 is 0 Å². The molecule has 0 radical (unpaired) electrons. The van der Waals surface area contributed by atoms with E-state index in [1.165, 1.54) is 23.9 Å². The number of carbonyl (C=O) groups excluding carboxylic acids is 1. The van der Waals surface area contributed by atoms with Crippen molar-refractivity contribution in [3.8, 4) is 0 Å². The topological polar surface area (TPSA) is 83.1 Å². The molecule has 2 aromatic rings. The number of carboxylic acids is 1. The van der Waals surface area contributed by atoms with Gasteiger partial charge in [-0.3, -0.25) is 9.69 Å². The summed E-state index contributed by atoms with van der Waals surface area (Å²) in [5, 5.41) is 9.50. The molecule has 25 heavy (non-hydrogen) atoms. The van der Waals surface area contributed by atoms with Crippen molar-refractivity contribution < 1.29 is 19.1 Å². The van der Waals surface area contributed by atoms with Crippen LogP contribution in [0.15, 0.2) is 50.7 Å². The quantitative estimate of drug-likeness (QED) is 0.840. The summed E-state index contributed by atoms with van der Waals surface area (Å²) in [5.74, 6) is 0.291. The summed E-state index contributed by atoms with van der Waals surface area (Å²) in [7, 11) is 0. The lowest BCUT2D eigenvalue weighted by Gasteiger charge is -2.11. The molecule has 7 heteroatoms. The summed E-state index contributed by atoms with van der Waals surface area (Å²) < 4.78 is 5.50. The lowest BCUT2D eigenvalue weighted by molar-refractivity contribution is -0.122. The first kappa shape index (κ1) is 17.0. The second-order valence-corrected chi connectivity index (χ2v) is 6.36. The molecule has 0 unspecified atom stereocenters. The molecule has 0 aliphatic carbocycles. The fraction of sp³-hybridized carbons (Fsp3) is 0.167. The van der Waals surface area contributed by atoms with Gasteiger partial charge in [0.15, 0.2) is 5.17 Å². The maximum atomic E-state index is 12.5. The van der Waals surface area contributed by atoms with Crippen molar-refractivity contribution in [2.45, 2.75) is 13.8 Å². The molecule has 0 atom stereocenters. The fourth-order valence-electron chi connectivity index (χ4n) is 2.32. The van der Waals surface area contributed by atoms with E-state index < -0.39 is 5.97 Å². The predicted molar refractivity (Wildman–Crippen MR) is 96.9 cm³/mol. The SMILES string of the molecule is CCN1C(=O)/C(=C/c2ccc(C)o2)SC1=Nc1ccc(C(=O)O)cc1. The highest BCUT2D eigenvalue weighted by atomic mass is 32.2. The van der Waals surface area contributed by atoms with Crippen molar-refractivity contribution in [3.05, 3.63) is 58.4 Å². The Morgan fingerprint density at radius 3 is 2.56 bits per heavy atom. The molecule has 1 aliphatic rings. The maximum absolute atomic E-state index is 12.5. The first-order valence-electron chi connectivity index (χ1n) is 7.68. The first-order chi connectivity index (χ1) is 12.0. The van der Waals surface area contributed by atoms with E-state index in [9.17, 15) is 9.59 Å². The van der Waals surface area contributed by atoms with Gasteiger partial charge in [0.05, 0.1) is 16.2 Å². The second-order valence-electron chi connectivity index (χ2n) is 5.35. The summed E-state index contributed by atoms with van der Waals surface area (Å²) in [6.07, 6.45) is 1.71. The van der Waals surface area contributed by atoms with Crippen LogP contribution in [0.4, 0.5) is 5.69 Å². The molecule has 128 valence electrons. The normalized spacial score (nSPS) is 17.7. The first-order valence-corrected chi connectivity index (χ1v) is 8.49. The minimum Gasteiger partial charge on any atom is -0.478 e. The zero-order valence-electron chi connectivity index (χ0n) is 13.7. The monoisotopic (exact) mass is 356 g/mol. The molecule has 0 saturated carbocycles. The molecule has 1 N–H and O–H groups in total. The zero-order valence-corrected chi connectivity index (χ0v) is 14.5. The molecule has 0 bridgehead atoms. The van der Waals surface area contributed by atoms with Crippen molar-refractivity contribution >= 4 is 40.6 Å². The Morgan fingerprint density at radius 1 is 1.28 bits per heavy atom. The van der Waals surface area contributed by atoms with E-state index in [0.717, 1.165) is 5.76 Å². The molecule has 1 aliphatic heterocycles. The molecule has 2 heterocycles. The number of nitrogens with zero attached hydrogens (tertiary/aromatic N) is 2. The highest BCUT2D eigenvalue weighted by Crippen LogP contribution is 2.34. The zero-order chi connectivity index (χ0) is 18.0. The van der Waals surface area contributed by atoms with E-state index in [2.05, 4.69) is 4.99 Å². The number of likely N-dealkylation sites (N-methyl/N-ethyl adjacent to an activating group) is 1. The lowest BCUT2D eigenvalue weighted by atomic mass is 10.2. The van der Waals surface area contributed by atoms with Crippen molar-refractivity contribution in [3.63, 3.8) is 0 Å². The third kappa shape index (κ3) is 3.66. The van der Waals surface area contributed by atoms with Crippen LogP contribution in [-0.4, -0.2) is 33.6 Å². The van der Waals surface area contributed by atoms with Gasteiger partial charge in [0.25, 0.3) is 5.91 Å². The van der Waals surface area contributed by atoms with Gasteiger partial charge in [-0.05, 0) is 62.0 Å². The number of rotatable bonds is 4. The number of hydrogen-bond donors (Lipinski definition) is 1. The Hall–Kier alpha value is -2.80. The van der Waals surface area contributed by atoms with E-state index >= 15 is 0 Å². The van der Waals surface area contributed by atoms with Gasteiger partial charge in [0.1, 0.15) is 11.5 Å². The number of benzene rings is 1. The summed E-state index contributed by atoms with van der Waals surface area (Å²) in [6, 6.07) is 9.86. The Kier molecular flexibility index (Phi) is 4.76. The third-order valence-corrected chi connectivity index (χ3v) is 4.58. The van der Waals surface area contributed by atoms with Gasteiger partial charge in [-0.2, -0.15) is 0 Å². The van der Waals surface area contributed by atoms with Crippen LogP contribution in [0.3, 0.4) is 0 Å². The number of furan rings is 1. The minimum absolute atomic E-state index is 0.123. The summed E-state index contributed by atoms with van der Waals surface area (Å²) in [6.45, 7) is 4.21.